The number of ether oxygens (including phenoxy) is 1. The molecule has 1 aliphatic rings. The van der Waals surface area contributed by atoms with Gasteiger partial charge >= 0.3 is 0 Å². The SMILES string of the molecule is CC1OC(C)C(C(=O)C(C#N)c2cccc(F)c2)C1C. The van der Waals surface area contributed by atoms with Crippen LogP contribution in [0.3, 0.4) is 0 Å². The fraction of sp³-hybridized carbons (Fsp3) is 0.500. The van der Waals surface area contributed by atoms with E-state index in [-0.39, 0.29) is 29.8 Å². The van der Waals surface area contributed by atoms with Gasteiger partial charge in [-0.25, -0.2) is 4.39 Å². The minimum absolute atomic E-state index is 0.00852. The van der Waals surface area contributed by atoms with Crippen molar-refractivity contribution in [1.82, 2.24) is 0 Å². The molecule has 0 saturated carbocycles. The summed E-state index contributed by atoms with van der Waals surface area (Å²) in [6, 6.07) is 7.69. The van der Waals surface area contributed by atoms with Gasteiger partial charge in [-0.2, -0.15) is 5.26 Å². The van der Waals surface area contributed by atoms with Gasteiger partial charge in [-0.1, -0.05) is 19.1 Å². The van der Waals surface area contributed by atoms with Crippen LogP contribution in [0.2, 0.25) is 0 Å². The Labute approximate surface area is 118 Å². The maximum absolute atomic E-state index is 13.3. The highest BCUT2D eigenvalue weighted by molar-refractivity contribution is 5.91. The molecule has 1 fully saturated rings. The van der Waals surface area contributed by atoms with Gasteiger partial charge in [0, 0.05) is 0 Å². The zero-order chi connectivity index (χ0) is 14.9. The molecule has 0 spiro atoms. The summed E-state index contributed by atoms with van der Waals surface area (Å²) in [4.78, 5) is 12.6. The third-order valence-corrected chi connectivity index (χ3v) is 4.17. The molecule has 1 saturated heterocycles. The van der Waals surface area contributed by atoms with Crippen LogP contribution in [-0.2, 0) is 9.53 Å². The summed E-state index contributed by atoms with van der Waals surface area (Å²) in [6.45, 7) is 5.73. The van der Waals surface area contributed by atoms with Crippen LogP contribution < -0.4 is 0 Å². The van der Waals surface area contributed by atoms with Crippen molar-refractivity contribution < 1.29 is 13.9 Å². The van der Waals surface area contributed by atoms with E-state index in [1.165, 1.54) is 18.2 Å². The summed E-state index contributed by atoms with van der Waals surface area (Å²) in [5.74, 6) is -1.82. The van der Waals surface area contributed by atoms with Crippen LogP contribution in [0.15, 0.2) is 24.3 Å². The van der Waals surface area contributed by atoms with E-state index in [1.807, 2.05) is 26.8 Å². The number of hydrogen-bond donors (Lipinski definition) is 0. The molecule has 3 nitrogen and oxygen atoms in total. The van der Waals surface area contributed by atoms with Crippen molar-refractivity contribution in [2.45, 2.75) is 38.9 Å². The summed E-state index contributed by atoms with van der Waals surface area (Å²) in [5, 5.41) is 9.31. The number of carbonyl (C=O) groups is 1. The van der Waals surface area contributed by atoms with E-state index in [1.54, 1.807) is 6.07 Å². The number of hydrogen-bond acceptors (Lipinski definition) is 3. The van der Waals surface area contributed by atoms with Gasteiger partial charge in [-0.15, -0.1) is 0 Å². The van der Waals surface area contributed by atoms with E-state index < -0.39 is 11.7 Å². The predicted octanol–water partition coefficient (Wildman–Crippen LogP) is 3.06. The quantitative estimate of drug-likeness (QED) is 0.851. The largest absolute Gasteiger partial charge is 0.375 e. The van der Waals surface area contributed by atoms with Crippen LogP contribution in [0.5, 0.6) is 0 Å². The first-order valence-electron chi connectivity index (χ1n) is 6.80. The monoisotopic (exact) mass is 275 g/mol. The Balaban J connectivity index is 2.29. The Morgan fingerprint density at radius 2 is 2.05 bits per heavy atom. The van der Waals surface area contributed by atoms with Gasteiger partial charge in [0.2, 0.25) is 0 Å². The Morgan fingerprint density at radius 1 is 1.35 bits per heavy atom. The zero-order valence-electron chi connectivity index (χ0n) is 11.8. The van der Waals surface area contributed by atoms with Crippen LogP contribution in [0.1, 0.15) is 32.3 Å². The number of carbonyl (C=O) groups excluding carboxylic acids is 1. The first-order valence-corrected chi connectivity index (χ1v) is 6.80. The maximum atomic E-state index is 13.3. The van der Waals surface area contributed by atoms with Crippen molar-refractivity contribution in [2.24, 2.45) is 11.8 Å². The molecule has 1 aromatic carbocycles. The second-order valence-electron chi connectivity index (χ2n) is 5.45. The molecule has 1 aromatic rings. The predicted molar refractivity (Wildman–Crippen MR) is 72.4 cm³/mol. The van der Waals surface area contributed by atoms with E-state index >= 15 is 0 Å². The van der Waals surface area contributed by atoms with Crippen molar-refractivity contribution in [3.63, 3.8) is 0 Å². The molecule has 0 bridgehead atoms. The topological polar surface area (TPSA) is 50.1 Å². The lowest BCUT2D eigenvalue weighted by Crippen LogP contribution is -2.30. The second-order valence-corrected chi connectivity index (χ2v) is 5.45. The number of nitrogens with zero attached hydrogens (tertiary/aromatic N) is 1. The Bertz CT molecular complexity index is 552. The molecule has 0 aromatic heterocycles. The van der Waals surface area contributed by atoms with Gasteiger partial charge in [0.1, 0.15) is 11.7 Å². The normalized spacial score (nSPS) is 30.8. The molecule has 106 valence electrons. The highest BCUT2D eigenvalue weighted by atomic mass is 19.1. The average Bonchev–Trinajstić information content (AvgIpc) is 2.64. The number of nitriles is 1. The lowest BCUT2D eigenvalue weighted by molar-refractivity contribution is -0.125. The highest BCUT2D eigenvalue weighted by Crippen LogP contribution is 2.36. The fourth-order valence-corrected chi connectivity index (χ4v) is 2.94. The van der Waals surface area contributed by atoms with Gasteiger partial charge in [0.25, 0.3) is 0 Å². The average molecular weight is 275 g/mol. The number of Topliss-reactive ketones (excluding diaryl/α,β-unsaturated/α-hetero) is 1. The smallest absolute Gasteiger partial charge is 0.160 e. The maximum Gasteiger partial charge on any atom is 0.160 e. The van der Waals surface area contributed by atoms with E-state index in [4.69, 9.17) is 4.74 Å². The number of benzene rings is 1. The van der Waals surface area contributed by atoms with Crippen LogP contribution in [0, 0.1) is 29.0 Å². The van der Waals surface area contributed by atoms with Crippen molar-refractivity contribution in [1.29, 1.82) is 5.26 Å². The zero-order valence-corrected chi connectivity index (χ0v) is 11.8. The molecule has 5 unspecified atom stereocenters. The summed E-state index contributed by atoms with van der Waals surface area (Å²) in [6.07, 6.45) is -0.220. The fourth-order valence-electron chi connectivity index (χ4n) is 2.94. The van der Waals surface area contributed by atoms with Gasteiger partial charge in [0.15, 0.2) is 5.78 Å². The molecule has 4 heteroatoms. The van der Waals surface area contributed by atoms with Crippen molar-refractivity contribution >= 4 is 5.78 Å². The van der Waals surface area contributed by atoms with Gasteiger partial charge in [-0.3, -0.25) is 4.79 Å². The molecule has 1 aliphatic heterocycles. The van der Waals surface area contributed by atoms with Crippen LogP contribution >= 0.6 is 0 Å². The first-order chi connectivity index (χ1) is 9.45. The third-order valence-electron chi connectivity index (χ3n) is 4.17. The number of halogens is 1. The second kappa shape index (κ2) is 5.72. The van der Waals surface area contributed by atoms with E-state index in [9.17, 15) is 14.4 Å². The van der Waals surface area contributed by atoms with Gasteiger partial charge in [-0.05, 0) is 37.5 Å². The molecule has 0 amide bonds. The molecule has 0 N–H and O–H groups in total. The molecule has 0 aliphatic carbocycles. The standard InChI is InChI=1S/C16H18FNO2/c1-9-10(2)20-11(3)15(9)16(19)14(8-18)12-5-4-6-13(17)7-12/h4-7,9-11,14-15H,1-3H3. The lowest BCUT2D eigenvalue weighted by Gasteiger charge is -2.20. The van der Waals surface area contributed by atoms with Crippen LogP contribution in [0.4, 0.5) is 4.39 Å². The minimum Gasteiger partial charge on any atom is -0.375 e. The Kier molecular flexibility index (Phi) is 4.20. The van der Waals surface area contributed by atoms with Gasteiger partial charge in [0.05, 0.1) is 24.2 Å². The molecule has 2 rings (SSSR count). The summed E-state index contributed by atoms with van der Waals surface area (Å²) in [7, 11) is 0. The molecule has 5 atom stereocenters. The highest BCUT2D eigenvalue weighted by Gasteiger charge is 2.44. The minimum atomic E-state index is -0.936. The molecule has 0 radical (unpaired) electrons. The summed E-state index contributed by atoms with van der Waals surface area (Å²) in [5.41, 5.74) is 0.413. The third kappa shape index (κ3) is 2.59. The van der Waals surface area contributed by atoms with E-state index in [2.05, 4.69) is 0 Å². The lowest BCUT2D eigenvalue weighted by atomic mass is 9.79. The molecular weight excluding hydrogens is 257 g/mol. The molecule has 20 heavy (non-hydrogen) atoms. The van der Waals surface area contributed by atoms with Crippen LogP contribution in [-0.4, -0.2) is 18.0 Å². The van der Waals surface area contributed by atoms with Crippen LogP contribution in [0.25, 0.3) is 0 Å². The van der Waals surface area contributed by atoms with Crippen molar-refractivity contribution in [3.8, 4) is 6.07 Å². The van der Waals surface area contributed by atoms with Gasteiger partial charge < -0.3 is 4.74 Å². The summed E-state index contributed by atoms with van der Waals surface area (Å²) < 4.78 is 18.9. The van der Waals surface area contributed by atoms with Crippen molar-refractivity contribution in [2.75, 3.05) is 0 Å². The Hall–Kier alpha value is -1.73. The number of ketones is 1. The summed E-state index contributed by atoms with van der Waals surface area (Å²) >= 11 is 0. The molecular formula is C16H18FNO2. The first kappa shape index (κ1) is 14.7. The number of rotatable bonds is 3. The van der Waals surface area contributed by atoms with E-state index in [0.29, 0.717) is 5.56 Å². The Morgan fingerprint density at radius 3 is 2.55 bits per heavy atom. The van der Waals surface area contributed by atoms with Crippen molar-refractivity contribution in [3.05, 3.63) is 35.6 Å². The molecule has 1 heterocycles. The van der Waals surface area contributed by atoms with E-state index in [0.717, 1.165) is 0 Å².